The third kappa shape index (κ3) is 7.09. The first kappa shape index (κ1) is 23.8. The van der Waals surface area contributed by atoms with Crippen molar-refractivity contribution in [1.29, 1.82) is 0 Å². The van der Waals surface area contributed by atoms with Crippen LogP contribution in [0.3, 0.4) is 0 Å². The van der Waals surface area contributed by atoms with Gasteiger partial charge in [0.15, 0.2) is 0 Å². The lowest BCUT2D eigenvalue weighted by molar-refractivity contribution is -0.137. The van der Waals surface area contributed by atoms with E-state index in [1.54, 1.807) is 30.3 Å². The summed E-state index contributed by atoms with van der Waals surface area (Å²) in [5.74, 6) is -1.54. The van der Waals surface area contributed by atoms with E-state index < -0.39 is 23.7 Å². The molecule has 2 aromatic rings. The van der Waals surface area contributed by atoms with Crippen molar-refractivity contribution in [2.75, 3.05) is 25.6 Å². The first-order valence-corrected chi connectivity index (χ1v) is 8.60. The Morgan fingerprint density at radius 1 is 1.21 bits per heavy atom. The summed E-state index contributed by atoms with van der Waals surface area (Å²) >= 11 is 5.88. The van der Waals surface area contributed by atoms with E-state index in [4.69, 9.17) is 22.1 Å². The molecule has 152 valence electrons. The highest BCUT2D eigenvalue weighted by Crippen LogP contribution is 2.14. The molecule has 3 N–H and O–H groups in total. The van der Waals surface area contributed by atoms with Gasteiger partial charge in [-0.1, -0.05) is 35.9 Å². The molecular formula is C19H22Cl2FN3O3. The lowest BCUT2D eigenvalue weighted by Crippen LogP contribution is -2.48. The molecule has 0 saturated heterocycles. The van der Waals surface area contributed by atoms with Crippen molar-refractivity contribution in [2.24, 2.45) is 5.73 Å². The topological polar surface area (TPSA) is 84.7 Å². The molecule has 0 fully saturated rings. The minimum atomic E-state index is -0.913. The van der Waals surface area contributed by atoms with Crippen LogP contribution >= 0.6 is 24.0 Å². The molecule has 0 bridgehead atoms. The highest BCUT2D eigenvalue weighted by atomic mass is 35.5. The second-order valence-corrected chi connectivity index (χ2v) is 6.35. The number of hydrogen-bond acceptors (Lipinski definition) is 4. The van der Waals surface area contributed by atoms with Gasteiger partial charge >= 0.3 is 0 Å². The average Bonchev–Trinajstić information content (AvgIpc) is 2.64. The van der Waals surface area contributed by atoms with Crippen molar-refractivity contribution in [2.45, 2.75) is 12.6 Å². The van der Waals surface area contributed by atoms with Crippen molar-refractivity contribution in [3.05, 3.63) is 64.9 Å². The molecule has 2 aromatic carbocycles. The maximum atomic E-state index is 13.7. The Kier molecular flexibility index (Phi) is 9.89. The summed E-state index contributed by atoms with van der Waals surface area (Å²) in [5, 5.41) is 3.02. The molecule has 0 radical (unpaired) electrons. The molecule has 6 nitrogen and oxygen atoms in total. The number of amides is 2. The van der Waals surface area contributed by atoms with E-state index in [-0.39, 0.29) is 37.8 Å². The number of ether oxygens (including phenoxy) is 1. The van der Waals surface area contributed by atoms with Crippen LogP contribution in [0, 0.1) is 5.82 Å². The second-order valence-electron chi connectivity index (χ2n) is 5.91. The predicted molar refractivity (Wildman–Crippen MR) is 109 cm³/mol. The molecule has 1 unspecified atom stereocenters. The summed E-state index contributed by atoms with van der Waals surface area (Å²) in [5.41, 5.74) is 6.65. The van der Waals surface area contributed by atoms with Gasteiger partial charge < -0.3 is 20.7 Å². The molecule has 28 heavy (non-hydrogen) atoms. The van der Waals surface area contributed by atoms with Gasteiger partial charge in [-0.15, -0.1) is 12.4 Å². The minimum absolute atomic E-state index is 0. The highest BCUT2D eigenvalue weighted by Gasteiger charge is 2.23. The lowest BCUT2D eigenvalue weighted by Gasteiger charge is -2.25. The third-order valence-electron chi connectivity index (χ3n) is 3.74. The van der Waals surface area contributed by atoms with Crippen LogP contribution in [-0.2, 0) is 20.9 Å². The lowest BCUT2D eigenvalue weighted by atomic mass is 10.2. The fraction of sp³-hybridized carbons (Fsp3) is 0.263. The average molecular weight is 430 g/mol. The van der Waals surface area contributed by atoms with Crippen LogP contribution in [0.25, 0.3) is 0 Å². The molecule has 0 aliphatic carbocycles. The second kappa shape index (κ2) is 11.6. The fourth-order valence-corrected chi connectivity index (χ4v) is 2.56. The number of rotatable bonds is 8. The van der Waals surface area contributed by atoms with Crippen LogP contribution < -0.4 is 11.1 Å². The van der Waals surface area contributed by atoms with Crippen LogP contribution in [-0.4, -0.2) is 43.0 Å². The van der Waals surface area contributed by atoms with Gasteiger partial charge in [-0.3, -0.25) is 9.59 Å². The van der Waals surface area contributed by atoms with Crippen LogP contribution in [0.15, 0.2) is 48.5 Å². The number of para-hydroxylation sites is 1. The highest BCUT2D eigenvalue weighted by molar-refractivity contribution is 6.30. The van der Waals surface area contributed by atoms with Gasteiger partial charge in [-0.25, -0.2) is 4.39 Å². The first-order chi connectivity index (χ1) is 12.9. The molecule has 0 aliphatic rings. The number of nitrogens with one attached hydrogen (secondary N) is 1. The summed E-state index contributed by atoms with van der Waals surface area (Å²) in [7, 11) is 1.43. The van der Waals surface area contributed by atoms with Crippen LogP contribution in [0.5, 0.6) is 0 Å². The molecule has 0 aliphatic heterocycles. The Morgan fingerprint density at radius 3 is 2.46 bits per heavy atom. The molecular weight excluding hydrogens is 408 g/mol. The van der Waals surface area contributed by atoms with Crippen LogP contribution in [0.2, 0.25) is 5.02 Å². The Hall–Kier alpha value is -2.19. The van der Waals surface area contributed by atoms with E-state index >= 15 is 0 Å². The maximum Gasteiger partial charge on any atom is 0.244 e. The smallest absolute Gasteiger partial charge is 0.244 e. The van der Waals surface area contributed by atoms with Crippen LogP contribution in [0.1, 0.15) is 5.56 Å². The van der Waals surface area contributed by atoms with E-state index in [1.807, 2.05) is 0 Å². The summed E-state index contributed by atoms with van der Waals surface area (Å²) in [6.07, 6.45) is 0. The van der Waals surface area contributed by atoms with Crippen molar-refractivity contribution < 1.29 is 18.7 Å². The fourth-order valence-electron chi connectivity index (χ4n) is 2.43. The number of anilines is 1. The monoisotopic (exact) mass is 429 g/mol. The van der Waals surface area contributed by atoms with Gasteiger partial charge in [0.2, 0.25) is 11.8 Å². The first-order valence-electron chi connectivity index (χ1n) is 8.23. The number of carbonyl (C=O) groups is 2. The minimum Gasteiger partial charge on any atom is -0.383 e. The van der Waals surface area contributed by atoms with E-state index in [0.29, 0.717) is 5.02 Å². The van der Waals surface area contributed by atoms with Crippen molar-refractivity contribution in [1.82, 2.24) is 4.90 Å². The number of nitrogens with zero attached hydrogens (tertiary/aromatic N) is 1. The third-order valence-corrected chi connectivity index (χ3v) is 4.00. The largest absolute Gasteiger partial charge is 0.383 e. The molecule has 2 rings (SSSR count). The van der Waals surface area contributed by atoms with Gasteiger partial charge in [-0.05, 0) is 29.8 Å². The van der Waals surface area contributed by atoms with Gasteiger partial charge in [0, 0.05) is 18.7 Å². The van der Waals surface area contributed by atoms with Crippen molar-refractivity contribution >= 4 is 41.5 Å². The van der Waals surface area contributed by atoms with Gasteiger partial charge in [0.25, 0.3) is 0 Å². The van der Waals surface area contributed by atoms with Gasteiger partial charge in [0.1, 0.15) is 18.4 Å². The SMILES string of the molecule is COCC(N)C(=O)N(CC(=O)Nc1ccccc1F)Cc1ccc(Cl)cc1.Cl. The molecule has 2 amide bonds. The Morgan fingerprint density at radius 2 is 1.86 bits per heavy atom. The zero-order chi connectivity index (χ0) is 19.8. The number of methoxy groups -OCH3 is 1. The normalized spacial score (nSPS) is 11.3. The molecule has 0 aromatic heterocycles. The number of benzene rings is 2. The van der Waals surface area contributed by atoms with Gasteiger partial charge in [-0.2, -0.15) is 0 Å². The summed E-state index contributed by atoms with van der Waals surface area (Å²) < 4.78 is 18.6. The molecule has 1 atom stereocenters. The van der Waals surface area contributed by atoms with E-state index in [1.165, 1.54) is 30.2 Å². The molecule has 0 heterocycles. The standard InChI is InChI=1S/C19H21ClFN3O3.ClH/c1-27-12-16(22)19(26)24(10-13-6-8-14(20)9-7-13)11-18(25)23-17-5-3-2-4-15(17)21;/h2-9,16H,10-12,22H2,1H3,(H,23,25);1H. The van der Waals surface area contributed by atoms with Crippen molar-refractivity contribution in [3.8, 4) is 0 Å². The van der Waals surface area contributed by atoms with Crippen molar-refractivity contribution in [3.63, 3.8) is 0 Å². The Labute approximate surface area is 174 Å². The van der Waals surface area contributed by atoms with Crippen LogP contribution in [0.4, 0.5) is 10.1 Å². The molecule has 0 saturated carbocycles. The predicted octanol–water partition coefficient (Wildman–Crippen LogP) is 2.84. The van der Waals surface area contributed by atoms with E-state index in [2.05, 4.69) is 5.32 Å². The Balaban J connectivity index is 0.00000392. The molecule has 9 heteroatoms. The maximum absolute atomic E-state index is 13.7. The number of hydrogen-bond donors (Lipinski definition) is 2. The number of nitrogens with two attached hydrogens (primary N) is 1. The zero-order valence-corrected chi connectivity index (χ0v) is 16.8. The number of carbonyl (C=O) groups excluding carboxylic acids is 2. The number of halogens is 3. The zero-order valence-electron chi connectivity index (χ0n) is 15.2. The van der Waals surface area contributed by atoms with Gasteiger partial charge in [0.05, 0.1) is 12.3 Å². The van der Waals surface area contributed by atoms with E-state index in [0.717, 1.165) is 5.56 Å². The summed E-state index contributed by atoms with van der Waals surface area (Å²) in [4.78, 5) is 26.2. The summed E-state index contributed by atoms with van der Waals surface area (Å²) in [6.45, 7) is -0.115. The summed E-state index contributed by atoms with van der Waals surface area (Å²) in [6, 6.07) is 11.8. The quantitative estimate of drug-likeness (QED) is 0.675. The Bertz CT molecular complexity index is 790. The molecule has 0 spiro atoms. The van der Waals surface area contributed by atoms with E-state index in [9.17, 15) is 14.0 Å².